The smallest absolute Gasteiger partial charge is 0.236 e. The van der Waals surface area contributed by atoms with E-state index in [1.807, 2.05) is 61.1 Å². The van der Waals surface area contributed by atoms with E-state index in [0.29, 0.717) is 16.8 Å². The highest BCUT2D eigenvalue weighted by atomic mass is 32.2. The molecule has 0 aliphatic carbocycles. The van der Waals surface area contributed by atoms with Gasteiger partial charge in [-0.3, -0.25) is 4.79 Å². The first-order valence-corrected chi connectivity index (χ1v) is 10.4. The van der Waals surface area contributed by atoms with Crippen LogP contribution in [0.25, 0.3) is 0 Å². The molecule has 0 saturated carbocycles. The lowest BCUT2D eigenvalue weighted by Gasteiger charge is -2.15. The van der Waals surface area contributed by atoms with E-state index in [0.717, 1.165) is 17.3 Å². The summed E-state index contributed by atoms with van der Waals surface area (Å²) in [5.74, 6) is 1.64. The second-order valence-corrected chi connectivity index (χ2v) is 7.59. The van der Waals surface area contributed by atoms with Crippen LogP contribution in [-0.4, -0.2) is 31.4 Å². The molecule has 1 N–H and O–H groups in total. The fourth-order valence-corrected chi connectivity index (χ4v) is 3.97. The predicted molar refractivity (Wildman–Crippen MR) is 107 cm³/mol. The number of thiazole rings is 1. The minimum absolute atomic E-state index is 0.116. The van der Waals surface area contributed by atoms with E-state index >= 15 is 0 Å². The van der Waals surface area contributed by atoms with Gasteiger partial charge >= 0.3 is 0 Å². The molecule has 27 heavy (non-hydrogen) atoms. The Kier molecular flexibility index (Phi) is 6.46. The van der Waals surface area contributed by atoms with E-state index in [1.165, 1.54) is 23.1 Å². The maximum atomic E-state index is 12.1. The highest BCUT2D eigenvalue weighted by Gasteiger charge is 2.19. The van der Waals surface area contributed by atoms with Crippen molar-refractivity contribution in [3.05, 3.63) is 47.2 Å². The SMILES string of the molecule is CCn1c(SCC(=O)Nc2nc(C)cs2)nnc1C(C)Oc1ccccc1. The zero-order chi connectivity index (χ0) is 19.2. The normalized spacial score (nSPS) is 12.0. The van der Waals surface area contributed by atoms with Gasteiger partial charge in [0.05, 0.1) is 11.4 Å². The van der Waals surface area contributed by atoms with Gasteiger partial charge in [0.2, 0.25) is 5.91 Å². The summed E-state index contributed by atoms with van der Waals surface area (Å²) in [5.41, 5.74) is 0.894. The molecule has 9 heteroatoms. The van der Waals surface area contributed by atoms with Crippen molar-refractivity contribution in [2.75, 3.05) is 11.1 Å². The molecule has 2 aromatic heterocycles. The Balaban J connectivity index is 1.62. The summed E-state index contributed by atoms with van der Waals surface area (Å²) in [5, 5.41) is 14.5. The second-order valence-electron chi connectivity index (χ2n) is 5.79. The summed E-state index contributed by atoms with van der Waals surface area (Å²) in [6, 6.07) is 9.61. The number of anilines is 1. The van der Waals surface area contributed by atoms with Crippen molar-refractivity contribution < 1.29 is 9.53 Å². The zero-order valence-electron chi connectivity index (χ0n) is 15.4. The third-order valence-electron chi connectivity index (χ3n) is 3.68. The minimum atomic E-state index is -0.249. The van der Waals surface area contributed by atoms with Crippen LogP contribution in [-0.2, 0) is 11.3 Å². The number of amides is 1. The van der Waals surface area contributed by atoms with E-state index in [4.69, 9.17) is 4.74 Å². The van der Waals surface area contributed by atoms with Gasteiger partial charge < -0.3 is 14.6 Å². The van der Waals surface area contributed by atoms with E-state index in [2.05, 4.69) is 20.5 Å². The number of carbonyl (C=O) groups excluding carboxylic acids is 1. The number of benzene rings is 1. The first-order chi connectivity index (χ1) is 13.1. The summed E-state index contributed by atoms with van der Waals surface area (Å²) in [6.07, 6.45) is -0.249. The Morgan fingerprint density at radius 1 is 1.33 bits per heavy atom. The fraction of sp³-hybridized carbons (Fsp3) is 0.333. The fourth-order valence-electron chi connectivity index (χ4n) is 2.46. The third kappa shape index (κ3) is 5.08. The molecular weight excluding hydrogens is 382 g/mol. The number of nitrogens with one attached hydrogen (secondary N) is 1. The number of carbonyl (C=O) groups is 1. The van der Waals surface area contributed by atoms with Crippen LogP contribution in [0, 0.1) is 6.92 Å². The molecule has 142 valence electrons. The van der Waals surface area contributed by atoms with Crippen molar-refractivity contribution in [1.82, 2.24) is 19.7 Å². The number of para-hydroxylation sites is 1. The molecule has 1 aromatic carbocycles. The molecule has 0 fully saturated rings. The van der Waals surface area contributed by atoms with Gasteiger partial charge in [-0.25, -0.2) is 4.98 Å². The second kappa shape index (κ2) is 9.01. The van der Waals surface area contributed by atoms with Crippen molar-refractivity contribution >= 4 is 34.1 Å². The Bertz CT molecular complexity index is 894. The molecule has 3 aromatic rings. The Morgan fingerprint density at radius 3 is 2.78 bits per heavy atom. The molecule has 0 bridgehead atoms. The van der Waals surface area contributed by atoms with Crippen LogP contribution in [0.3, 0.4) is 0 Å². The van der Waals surface area contributed by atoms with Crippen LogP contribution in [0.5, 0.6) is 5.75 Å². The first-order valence-electron chi connectivity index (χ1n) is 8.56. The minimum Gasteiger partial charge on any atom is -0.483 e. The molecular formula is C18H21N5O2S2. The number of nitrogens with zero attached hydrogens (tertiary/aromatic N) is 4. The number of rotatable bonds is 8. The van der Waals surface area contributed by atoms with Gasteiger partial charge in [0.15, 0.2) is 22.2 Å². The largest absolute Gasteiger partial charge is 0.483 e. The lowest BCUT2D eigenvalue weighted by molar-refractivity contribution is -0.113. The van der Waals surface area contributed by atoms with Crippen molar-refractivity contribution in [3.63, 3.8) is 0 Å². The number of aromatic nitrogens is 4. The van der Waals surface area contributed by atoms with Gasteiger partial charge in [-0.1, -0.05) is 30.0 Å². The number of ether oxygens (including phenoxy) is 1. The predicted octanol–water partition coefficient (Wildman–Crippen LogP) is 3.93. The molecule has 0 aliphatic rings. The molecule has 0 aliphatic heterocycles. The molecule has 1 atom stereocenters. The van der Waals surface area contributed by atoms with Crippen molar-refractivity contribution in [3.8, 4) is 5.75 Å². The van der Waals surface area contributed by atoms with Crippen LogP contribution < -0.4 is 10.1 Å². The first kappa shape index (κ1) is 19.4. The number of thioether (sulfide) groups is 1. The van der Waals surface area contributed by atoms with Gasteiger partial charge in [0.1, 0.15) is 5.75 Å². The highest BCUT2D eigenvalue weighted by Crippen LogP contribution is 2.24. The standard InChI is InChI=1S/C18H21N5O2S2/c1-4-23-16(13(3)25-14-8-6-5-7-9-14)21-22-18(23)27-11-15(24)20-17-19-12(2)10-26-17/h5-10,13H,4,11H2,1-3H3,(H,19,20,24). The summed E-state index contributed by atoms with van der Waals surface area (Å²) in [4.78, 5) is 16.4. The van der Waals surface area contributed by atoms with Gasteiger partial charge in [0.25, 0.3) is 0 Å². The van der Waals surface area contributed by atoms with Crippen LogP contribution in [0.2, 0.25) is 0 Å². The summed E-state index contributed by atoms with van der Waals surface area (Å²) >= 11 is 2.76. The number of hydrogen-bond donors (Lipinski definition) is 1. The zero-order valence-corrected chi connectivity index (χ0v) is 17.0. The Hall–Kier alpha value is -2.39. The van der Waals surface area contributed by atoms with Crippen molar-refractivity contribution in [2.45, 2.75) is 38.6 Å². The van der Waals surface area contributed by atoms with Crippen molar-refractivity contribution in [2.24, 2.45) is 0 Å². The Morgan fingerprint density at radius 2 is 2.11 bits per heavy atom. The van der Waals surface area contributed by atoms with E-state index in [1.54, 1.807) is 0 Å². The molecule has 1 unspecified atom stereocenters. The van der Waals surface area contributed by atoms with E-state index in [9.17, 15) is 4.79 Å². The average Bonchev–Trinajstić information content (AvgIpc) is 3.26. The summed E-state index contributed by atoms with van der Waals surface area (Å²) in [7, 11) is 0. The maximum absolute atomic E-state index is 12.1. The monoisotopic (exact) mass is 403 g/mol. The van der Waals surface area contributed by atoms with E-state index < -0.39 is 0 Å². The summed E-state index contributed by atoms with van der Waals surface area (Å²) in [6.45, 7) is 6.55. The third-order valence-corrected chi connectivity index (χ3v) is 5.52. The van der Waals surface area contributed by atoms with Crippen molar-refractivity contribution in [1.29, 1.82) is 0 Å². The molecule has 7 nitrogen and oxygen atoms in total. The molecule has 0 spiro atoms. The van der Waals surface area contributed by atoms with Crippen LogP contribution >= 0.6 is 23.1 Å². The number of aryl methyl sites for hydroxylation is 1. The van der Waals surface area contributed by atoms with E-state index in [-0.39, 0.29) is 17.8 Å². The van der Waals surface area contributed by atoms with Gasteiger partial charge in [0, 0.05) is 11.9 Å². The van der Waals surface area contributed by atoms with Gasteiger partial charge in [-0.15, -0.1) is 21.5 Å². The molecule has 0 radical (unpaired) electrons. The Labute approximate surface area is 166 Å². The summed E-state index contributed by atoms with van der Waals surface area (Å²) < 4.78 is 7.92. The quantitative estimate of drug-likeness (QED) is 0.574. The molecule has 2 heterocycles. The van der Waals surface area contributed by atoms with Crippen LogP contribution in [0.15, 0.2) is 40.9 Å². The van der Waals surface area contributed by atoms with Gasteiger partial charge in [-0.05, 0) is 32.9 Å². The maximum Gasteiger partial charge on any atom is 0.236 e. The van der Waals surface area contributed by atoms with Gasteiger partial charge in [-0.2, -0.15) is 0 Å². The average molecular weight is 404 g/mol. The molecule has 0 saturated heterocycles. The lowest BCUT2D eigenvalue weighted by Crippen LogP contribution is -2.15. The number of hydrogen-bond acceptors (Lipinski definition) is 7. The lowest BCUT2D eigenvalue weighted by atomic mass is 10.3. The van der Waals surface area contributed by atoms with Crippen LogP contribution in [0.1, 0.15) is 31.5 Å². The highest BCUT2D eigenvalue weighted by molar-refractivity contribution is 7.99. The van der Waals surface area contributed by atoms with Crippen LogP contribution in [0.4, 0.5) is 5.13 Å². The molecule has 3 rings (SSSR count). The topological polar surface area (TPSA) is 81.9 Å². The molecule has 1 amide bonds.